The minimum Gasteiger partial charge on any atom is -0.480 e. The highest BCUT2D eigenvalue weighted by Gasteiger charge is 2.42. The molecule has 2 aliphatic heterocycles. The topological polar surface area (TPSA) is 49.8 Å². The number of nitrogens with zero attached hydrogens (tertiary/aromatic N) is 1. The van der Waals surface area contributed by atoms with Gasteiger partial charge in [0.2, 0.25) is 0 Å². The Labute approximate surface area is 113 Å². The molecule has 2 aliphatic rings. The van der Waals surface area contributed by atoms with Crippen LogP contribution in [0.5, 0.6) is 0 Å². The van der Waals surface area contributed by atoms with Crippen LogP contribution in [0.2, 0.25) is 0 Å². The number of carboxylic acids is 1. The Morgan fingerprint density at radius 3 is 3.00 bits per heavy atom. The number of hydrogen-bond acceptors (Lipinski definition) is 4. The molecule has 5 heteroatoms. The number of ether oxygens (including phenoxy) is 1. The van der Waals surface area contributed by atoms with Crippen LogP contribution in [0.15, 0.2) is 0 Å². The summed E-state index contributed by atoms with van der Waals surface area (Å²) in [5.74, 6) is 1.54. The molecule has 0 aromatic carbocycles. The quantitative estimate of drug-likeness (QED) is 0.847. The standard InChI is InChI=1S/C13H23NO3S/c1-3-11(12(15)16)14(2)10-4-6-17-13(8-10)5-7-18-9-13/h10-11H,3-9H2,1-2H3,(H,15,16). The van der Waals surface area contributed by atoms with Crippen LogP contribution in [0.1, 0.15) is 32.6 Å². The summed E-state index contributed by atoms with van der Waals surface area (Å²) in [4.78, 5) is 13.3. The highest BCUT2D eigenvalue weighted by atomic mass is 32.2. The Bertz CT molecular complexity index is 305. The van der Waals surface area contributed by atoms with Gasteiger partial charge in [-0.05, 0) is 38.5 Å². The Morgan fingerprint density at radius 1 is 1.67 bits per heavy atom. The van der Waals surface area contributed by atoms with E-state index in [1.54, 1.807) is 0 Å². The molecular formula is C13H23NO3S. The Kier molecular flexibility index (Phi) is 4.56. The van der Waals surface area contributed by atoms with E-state index in [9.17, 15) is 9.90 Å². The van der Waals surface area contributed by atoms with Crippen LogP contribution >= 0.6 is 11.8 Å². The third-order valence-electron chi connectivity index (χ3n) is 4.27. The van der Waals surface area contributed by atoms with Gasteiger partial charge in [-0.2, -0.15) is 11.8 Å². The number of carboxylic acid groups (broad SMARTS) is 1. The first kappa shape index (κ1) is 14.2. The molecule has 1 N–H and O–H groups in total. The molecule has 2 fully saturated rings. The Morgan fingerprint density at radius 2 is 2.44 bits per heavy atom. The fraction of sp³-hybridized carbons (Fsp3) is 0.923. The minimum absolute atomic E-state index is 0.0264. The number of thioether (sulfide) groups is 1. The summed E-state index contributed by atoms with van der Waals surface area (Å²) in [6.45, 7) is 2.71. The summed E-state index contributed by atoms with van der Waals surface area (Å²) in [7, 11) is 1.95. The average molecular weight is 273 g/mol. The molecule has 0 amide bonds. The molecule has 18 heavy (non-hydrogen) atoms. The Balaban J connectivity index is 2.01. The van der Waals surface area contributed by atoms with E-state index in [1.807, 2.05) is 25.7 Å². The van der Waals surface area contributed by atoms with Gasteiger partial charge >= 0.3 is 5.97 Å². The van der Waals surface area contributed by atoms with Crippen LogP contribution < -0.4 is 0 Å². The SMILES string of the molecule is CCC(C(=O)O)N(C)C1CCOC2(CCSC2)C1. The van der Waals surface area contributed by atoms with Crippen molar-refractivity contribution in [2.24, 2.45) is 0 Å². The maximum absolute atomic E-state index is 11.3. The van der Waals surface area contributed by atoms with Crippen molar-refractivity contribution in [2.75, 3.05) is 25.2 Å². The van der Waals surface area contributed by atoms with Crippen LogP contribution in [0.25, 0.3) is 0 Å². The van der Waals surface area contributed by atoms with E-state index < -0.39 is 5.97 Å². The number of carbonyl (C=O) groups is 1. The molecule has 0 bridgehead atoms. The monoisotopic (exact) mass is 273 g/mol. The zero-order valence-electron chi connectivity index (χ0n) is 11.2. The fourth-order valence-electron chi connectivity index (χ4n) is 3.10. The van der Waals surface area contributed by atoms with Crippen LogP contribution in [0.4, 0.5) is 0 Å². The van der Waals surface area contributed by atoms with E-state index in [4.69, 9.17) is 4.74 Å². The lowest BCUT2D eigenvalue weighted by atomic mass is 9.88. The largest absolute Gasteiger partial charge is 0.480 e. The summed E-state index contributed by atoms with van der Waals surface area (Å²) in [6, 6.07) is -0.0160. The number of likely N-dealkylation sites (N-methyl/N-ethyl adjacent to an activating group) is 1. The maximum atomic E-state index is 11.3. The van der Waals surface area contributed by atoms with Gasteiger partial charge in [-0.15, -0.1) is 0 Å². The number of rotatable bonds is 4. The van der Waals surface area contributed by atoms with Gasteiger partial charge in [-0.3, -0.25) is 9.69 Å². The molecule has 1 spiro atoms. The molecule has 2 saturated heterocycles. The van der Waals surface area contributed by atoms with Crippen LogP contribution in [0.3, 0.4) is 0 Å². The van der Waals surface area contributed by atoms with Crippen LogP contribution in [-0.4, -0.2) is 58.8 Å². The van der Waals surface area contributed by atoms with Crippen molar-refractivity contribution in [3.8, 4) is 0 Å². The van der Waals surface area contributed by atoms with Gasteiger partial charge in [0.1, 0.15) is 6.04 Å². The van der Waals surface area contributed by atoms with Gasteiger partial charge < -0.3 is 9.84 Å². The van der Waals surface area contributed by atoms with Gasteiger partial charge in [0, 0.05) is 18.4 Å². The maximum Gasteiger partial charge on any atom is 0.320 e. The van der Waals surface area contributed by atoms with E-state index >= 15 is 0 Å². The summed E-state index contributed by atoms with van der Waals surface area (Å²) >= 11 is 1.95. The molecule has 0 saturated carbocycles. The van der Waals surface area contributed by atoms with E-state index in [2.05, 4.69) is 4.90 Å². The molecule has 2 rings (SSSR count). The van der Waals surface area contributed by atoms with Crippen molar-refractivity contribution in [3.05, 3.63) is 0 Å². The van der Waals surface area contributed by atoms with Gasteiger partial charge in [-0.1, -0.05) is 6.92 Å². The molecule has 104 valence electrons. The lowest BCUT2D eigenvalue weighted by molar-refractivity contribution is -0.147. The first-order valence-electron chi connectivity index (χ1n) is 6.74. The van der Waals surface area contributed by atoms with E-state index in [0.717, 1.165) is 31.6 Å². The molecular weight excluding hydrogens is 250 g/mol. The predicted molar refractivity (Wildman–Crippen MR) is 73.1 cm³/mol. The van der Waals surface area contributed by atoms with Crippen molar-refractivity contribution in [1.82, 2.24) is 4.90 Å². The first-order chi connectivity index (χ1) is 8.58. The van der Waals surface area contributed by atoms with Crippen molar-refractivity contribution < 1.29 is 14.6 Å². The molecule has 0 radical (unpaired) electrons. The Hall–Kier alpha value is -0.260. The summed E-state index contributed by atoms with van der Waals surface area (Å²) < 4.78 is 5.99. The van der Waals surface area contributed by atoms with Crippen LogP contribution in [-0.2, 0) is 9.53 Å². The zero-order valence-corrected chi connectivity index (χ0v) is 12.0. The van der Waals surface area contributed by atoms with E-state index in [0.29, 0.717) is 12.5 Å². The number of hydrogen-bond donors (Lipinski definition) is 1. The van der Waals surface area contributed by atoms with Crippen molar-refractivity contribution in [3.63, 3.8) is 0 Å². The van der Waals surface area contributed by atoms with Gasteiger partial charge in [0.15, 0.2) is 0 Å². The van der Waals surface area contributed by atoms with E-state index in [1.165, 1.54) is 5.75 Å². The second-order valence-corrected chi connectivity index (χ2v) is 6.51. The number of aliphatic carboxylic acids is 1. The summed E-state index contributed by atoms with van der Waals surface area (Å²) in [5.41, 5.74) is 0.0264. The van der Waals surface area contributed by atoms with Gasteiger partial charge in [0.25, 0.3) is 0 Å². The predicted octanol–water partition coefficient (Wildman–Crippen LogP) is 1.84. The van der Waals surface area contributed by atoms with Crippen molar-refractivity contribution in [1.29, 1.82) is 0 Å². The third-order valence-corrected chi connectivity index (χ3v) is 5.50. The minimum atomic E-state index is -0.707. The second-order valence-electron chi connectivity index (χ2n) is 5.41. The van der Waals surface area contributed by atoms with E-state index in [-0.39, 0.29) is 11.6 Å². The lowest BCUT2D eigenvalue weighted by Crippen LogP contribution is -2.52. The molecule has 0 aliphatic carbocycles. The van der Waals surface area contributed by atoms with Crippen molar-refractivity contribution in [2.45, 2.75) is 50.3 Å². The van der Waals surface area contributed by atoms with Crippen LogP contribution in [0, 0.1) is 0 Å². The molecule has 4 nitrogen and oxygen atoms in total. The first-order valence-corrected chi connectivity index (χ1v) is 7.90. The van der Waals surface area contributed by atoms with Gasteiger partial charge in [0.05, 0.1) is 5.60 Å². The fourth-order valence-corrected chi connectivity index (χ4v) is 4.48. The van der Waals surface area contributed by atoms with Gasteiger partial charge in [-0.25, -0.2) is 0 Å². The molecule has 3 unspecified atom stereocenters. The molecule has 2 heterocycles. The molecule has 0 aromatic heterocycles. The highest BCUT2D eigenvalue weighted by molar-refractivity contribution is 7.99. The highest BCUT2D eigenvalue weighted by Crippen LogP contribution is 2.39. The molecule has 0 aromatic rings. The smallest absolute Gasteiger partial charge is 0.320 e. The van der Waals surface area contributed by atoms with Crippen molar-refractivity contribution >= 4 is 17.7 Å². The lowest BCUT2D eigenvalue weighted by Gasteiger charge is -2.43. The third kappa shape index (κ3) is 2.83. The zero-order chi connectivity index (χ0) is 13.2. The molecule has 3 atom stereocenters. The summed E-state index contributed by atoms with van der Waals surface area (Å²) in [5, 5.41) is 9.25. The second kappa shape index (κ2) is 5.80. The summed E-state index contributed by atoms with van der Waals surface area (Å²) in [6.07, 6.45) is 3.71. The normalized spacial score (nSPS) is 34.1. The average Bonchev–Trinajstić information content (AvgIpc) is 2.77.